The average molecular weight is 191 g/mol. The van der Waals surface area contributed by atoms with E-state index in [0.29, 0.717) is 0 Å². The molecule has 1 aliphatic rings. The van der Waals surface area contributed by atoms with Crippen LogP contribution in [0.15, 0.2) is 0 Å². The van der Waals surface area contributed by atoms with Crippen LogP contribution in [-0.2, 0) is 0 Å². The maximum Gasteiger partial charge on any atom is 0.0171 e. The molecule has 1 fully saturated rings. The van der Waals surface area contributed by atoms with E-state index in [4.69, 9.17) is 0 Å². The van der Waals surface area contributed by atoms with E-state index in [2.05, 4.69) is 29.8 Å². The highest BCUT2D eigenvalue weighted by molar-refractivity contribution is 9.09. The van der Waals surface area contributed by atoms with Crippen LogP contribution >= 0.6 is 15.9 Å². The second-order valence-electron chi connectivity index (χ2n) is 3.41. The number of hydrogen-bond acceptors (Lipinski definition) is 0. The van der Waals surface area contributed by atoms with Gasteiger partial charge in [0.25, 0.3) is 0 Å². The lowest BCUT2D eigenvalue weighted by Gasteiger charge is -2.28. The van der Waals surface area contributed by atoms with Gasteiger partial charge >= 0.3 is 0 Å². The van der Waals surface area contributed by atoms with E-state index in [9.17, 15) is 0 Å². The fourth-order valence-corrected chi connectivity index (χ4v) is 2.11. The SMILES string of the molecule is C[C@H]1CC[C@@H](Br)[C@H](C)C1. The summed E-state index contributed by atoms with van der Waals surface area (Å²) in [6.45, 7) is 4.70. The van der Waals surface area contributed by atoms with Gasteiger partial charge in [0.1, 0.15) is 0 Å². The number of rotatable bonds is 0. The molecule has 0 N–H and O–H groups in total. The van der Waals surface area contributed by atoms with Gasteiger partial charge in [-0.1, -0.05) is 29.8 Å². The highest BCUT2D eigenvalue weighted by Crippen LogP contribution is 2.32. The van der Waals surface area contributed by atoms with Gasteiger partial charge in [-0.3, -0.25) is 0 Å². The minimum absolute atomic E-state index is 0.800. The van der Waals surface area contributed by atoms with Gasteiger partial charge in [0.05, 0.1) is 0 Å². The van der Waals surface area contributed by atoms with Crippen molar-refractivity contribution in [1.29, 1.82) is 0 Å². The van der Waals surface area contributed by atoms with Crippen LogP contribution in [-0.4, -0.2) is 4.83 Å². The summed E-state index contributed by atoms with van der Waals surface area (Å²) in [5.74, 6) is 1.86. The third-order valence-corrected chi connectivity index (χ3v) is 3.69. The van der Waals surface area contributed by atoms with Crippen molar-refractivity contribution >= 4 is 15.9 Å². The Hall–Kier alpha value is 0.480. The molecule has 1 aliphatic carbocycles. The van der Waals surface area contributed by atoms with Gasteiger partial charge in [0, 0.05) is 4.83 Å². The Morgan fingerprint density at radius 3 is 2.33 bits per heavy atom. The normalized spacial score (nSPS) is 45.0. The Kier molecular flexibility index (Phi) is 2.57. The van der Waals surface area contributed by atoms with Gasteiger partial charge in [-0.25, -0.2) is 0 Å². The van der Waals surface area contributed by atoms with Gasteiger partial charge < -0.3 is 0 Å². The molecule has 1 rings (SSSR count). The highest BCUT2D eigenvalue weighted by Gasteiger charge is 2.22. The van der Waals surface area contributed by atoms with Crippen molar-refractivity contribution in [1.82, 2.24) is 0 Å². The molecule has 0 aromatic heterocycles. The second kappa shape index (κ2) is 3.05. The summed E-state index contributed by atoms with van der Waals surface area (Å²) in [5, 5.41) is 0. The van der Waals surface area contributed by atoms with E-state index in [1.165, 1.54) is 19.3 Å². The van der Waals surface area contributed by atoms with E-state index in [-0.39, 0.29) is 0 Å². The van der Waals surface area contributed by atoms with Crippen LogP contribution in [0.5, 0.6) is 0 Å². The molecular weight excluding hydrogens is 176 g/mol. The Labute approximate surface area is 66.2 Å². The molecule has 3 atom stereocenters. The molecule has 0 unspecified atom stereocenters. The molecule has 0 aliphatic heterocycles. The van der Waals surface area contributed by atoms with E-state index in [0.717, 1.165) is 16.7 Å². The summed E-state index contributed by atoms with van der Waals surface area (Å²) >= 11 is 3.68. The Balaban J connectivity index is 2.35. The predicted molar refractivity (Wildman–Crippen MR) is 44.9 cm³/mol. The van der Waals surface area contributed by atoms with Crippen molar-refractivity contribution in [2.24, 2.45) is 11.8 Å². The van der Waals surface area contributed by atoms with E-state index < -0.39 is 0 Å². The highest BCUT2D eigenvalue weighted by atomic mass is 79.9. The van der Waals surface area contributed by atoms with E-state index >= 15 is 0 Å². The fourth-order valence-electron chi connectivity index (χ4n) is 1.63. The Bertz CT molecular complexity index is 90.6. The molecule has 0 aromatic rings. The molecule has 54 valence electrons. The first kappa shape index (κ1) is 7.59. The van der Waals surface area contributed by atoms with E-state index in [1.807, 2.05) is 0 Å². The van der Waals surface area contributed by atoms with Crippen molar-refractivity contribution < 1.29 is 0 Å². The molecule has 0 amide bonds. The van der Waals surface area contributed by atoms with Crippen LogP contribution in [0.25, 0.3) is 0 Å². The van der Waals surface area contributed by atoms with Crippen LogP contribution in [0, 0.1) is 11.8 Å². The van der Waals surface area contributed by atoms with Crippen molar-refractivity contribution in [3.05, 3.63) is 0 Å². The minimum atomic E-state index is 0.800. The molecular formula is C8H15Br. The summed E-state index contributed by atoms with van der Waals surface area (Å²) in [4.78, 5) is 0.800. The van der Waals surface area contributed by atoms with Gasteiger partial charge in [-0.15, -0.1) is 0 Å². The Morgan fingerprint density at radius 1 is 1.22 bits per heavy atom. The summed E-state index contributed by atoms with van der Waals surface area (Å²) in [7, 11) is 0. The topological polar surface area (TPSA) is 0 Å². The molecule has 1 heteroatoms. The van der Waals surface area contributed by atoms with Crippen molar-refractivity contribution in [3.63, 3.8) is 0 Å². The third-order valence-electron chi connectivity index (χ3n) is 2.33. The second-order valence-corrected chi connectivity index (χ2v) is 4.59. The van der Waals surface area contributed by atoms with Crippen LogP contribution < -0.4 is 0 Å². The quantitative estimate of drug-likeness (QED) is 0.516. The molecule has 0 saturated heterocycles. The van der Waals surface area contributed by atoms with Crippen LogP contribution in [0.4, 0.5) is 0 Å². The lowest BCUT2D eigenvalue weighted by atomic mass is 9.84. The summed E-state index contributed by atoms with van der Waals surface area (Å²) in [6.07, 6.45) is 4.21. The van der Waals surface area contributed by atoms with Crippen LogP contribution in [0.3, 0.4) is 0 Å². The Morgan fingerprint density at radius 2 is 1.89 bits per heavy atom. The largest absolute Gasteiger partial charge is 0.0888 e. The zero-order chi connectivity index (χ0) is 6.85. The number of halogens is 1. The lowest BCUT2D eigenvalue weighted by molar-refractivity contribution is 0.314. The molecule has 1 saturated carbocycles. The van der Waals surface area contributed by atoms with Gasteiger partial charge in [-0.2, -0.15) is 0 Å². The molecule has 0 radical (unpaired) electrons. The minimum Gasteiger partial charge on any atom is -0.0888 e. The third kappa shape index (κ3) is 1.96. The van der Waals surface area contributed by atoms with Gasteiger partial charge in [0.2, 0.25) is 0 Å². The first-order valence-corrected chi connectivity index (χ1v) is 4.75. The zero-order valence-electron chi connectivity index (χ0n) is 6.23. The molecule has 9 heavy (non-hydrogen) atoms. The number of hydrogen-bond donors (Lipinski definition) is 0. The molecule has 0 spiro atoms. The zero-order valence-corrected chi connectivity index (χ0v) is 7.82. The summed E-state index contributed by atoms with van der Waals surface area (Å²) < 4.78 is 0. The maximum absolute atomic E-state index is 3.68. The first-order valence-electron chi connectivity index (χ1n) is 3.84. The van der Waals surface area contributed by atoms with E-state index in [1.54, 1.807) is 0 Å². The molecule has 0 nitrogen and oxygen atoms in total. The fraction of sp³-hybridized carbons (Fsp3) is 1.00. The lowest BCUT2D eigenvalue weighted by Crippen LogP contribution is -2.20. The smallest absolute Gasteiger partial charge is 0.0171 e. The van der Waals surface area contributed by atoms with Crippen LogP contribution in [0.2, 0.25) is 0 Å². The van der Waals surface area contributed by atoms with Gasteiger partial charge in [-0.05, 0) is 31.1 Å². The standard InChI is InChI=1S/C8H15Br/c1-6-3-4-8(9)7(2)5-6/h6-8H,3-5H2,1-2H3/t6-,7+,8+/m0/s1. The van der Waals surface area contributed by atoms with Crippen molar-refractivity contribution in [2.75, 3.05) is 0 Å². The average Bonchev–Trinajstić information content (AvgIpc) is 1.80. The maximum atomic E-state index is 3.68. The first-order chi connectivity index (χ1) is 4.20. The van der Waals surface area contributed by atoms with Crippen molar-refractivity contribution in [3.8, 4) is 0 Å². The monoisotopic (exact) mass is 190 g/mol. The number of alkyl halides is 1. The van der Waals surface area contributed by atoms with Crippen molar-refractivity contribution in [2.45, 2.75) is 37.9 Å². The predicted octanol–water partition coefficient (Wildman–Crippen LogP) is 3.21. The van der Waals surface area contributed by atoms with Crippen LogP contribution in [0.1, 0.15) is 33.1 Å². The summed E-state index contributed by atoms with van der Waals surface area (Å²) in [5.41, 5.74) is 0. The molecule has 0 bridgehead atoms. The van der Waals surface area contributed by atoms with Gasteiger partial charge in [0.15, 0.2) is 0 Å². The molecule has 0 heterocycles. The summed E-state index contributed by atoms with van der Waals surface area (Å²) in [6, 6.07) is 0. The molecule has 0 aromatic carbocycles.